The van der Waals surface area contributed by atoms with E-state index in [0.717, 1.165) is 111 Å². The summed E-state index contributed by atoms with van der Waals surface area (Å²) in [5, 5.41) is 32.1. The number of piperidine rings is 1. The van der Waals surface area contributed by atoms with Crippen LogP contribution in [-0.2, 0) is 24.8 Å². The van der Waals surface area contributed by atoms with Crippen molar-refractivity contribution in [2.24, 2.45) is 0 Å². The molecule has 2 aliphatic heterocycles. The highest BCUT2D eigenvalue weighted by Gasteiger charge is 2.49. The molecule has 4 aromatic rings. The average Bonchev–Trinajstić information content (AvgIpc) is 3.79. The van der Waals surface area contributed by atoms with Crippen molar-refractivity contribution >= 4 is 33.2 Å². The number of nitriles is 1. The second-order valence-electron chi connectivity index (χ2n) is 13.6. The number of likely N-dealkylation sites (N-methyl/N-ethyl adjacent to an activating group) is 1. The molecule has 4 aromatic heterocycles. The van der Waals surface area contributed by atoms with Crippen molar-refractivity contribution in [3.63, 3.8) is 0 Å². The molecule has 0 aromatic carbocycles. The first-order chi connectivity index (χ1) is 21.3. The molecule has 2 aliphatic carbocycles. The Hall–Kier alpha value is -3.53. The third-order valence-corrected chi connectivity index (χ3v) is 11.7. The third-order valence-electron chi connectivity index (χ3n) is 10.6. The number of aryl methyl sites for hydroxylation is 1. The van der Waals surface area contributed by atoms with Gasteiger partial charge in [-0.1, -0.05) is 5.16 Å². The van der Waals surface area contributed by atoms with Crippen molar-refractivity contribution in [2.45, 2.75) is 94.7 Å². The van der Waals surface area contributed by atoms with E-state index in [2.05, 4.69) is 28.1 Å². The van der Waals surface area contributed by atoms with Gasteiger partial charge in [0, 0.05) is 29.6 Å². The lowest BCUT2D eigenvalue weighted by Crippen LogP contribution is -2.46. The van der Waals surface area contributed by atoms with Gasteiger partial charge in [-0.25, -0.2) is 14.6 Å². The SMILES string of the molecule is CN1CCC[C@H]1Cn1ncc2c(N3CCC[C@@](C)(O)C3)nc(-c3noc4c3CCC[C@@]43CCCc4sc(N)c(C#N)c43)nc21. The molecule has 0 bridgehead atoms. The van der Waals surface area contributed by atoms with Crippen molar-refractivity contribution in [1.82, 2.24) is 29.8 Å². The Morgan fingerprint density at radius 2 is 2.00 bits per heavy atom. The third kappa shape index (κ3) is 4.27. The Bertz CT molecular complexity index is 1790. The van der Waals surface area contributed by atoms with Gasteiger partial charge in [0.05, 0.1) is 34.7 Å². The van der Waals surface area contributed by atoms with E-state index >= 15 is 0 Å². The number of likely N-dealkylation sites (tertiary alicyclic amines) is 1. The fourth-order valence-corrected chi connectivity index (χ4v) is 9.61. The number of rotatable bonds is 4. The van der Waals surface area contributed by atoms with Crippen molar-refractivity contribution in [3.8, 4) is 17.6 Å². The fourth-order valence-electron chi connectivity index (χ4n) is 8.45. The van der Waals surface area contributed by atoms with E-state index in [4.69, 9.17) is 25.3 Å². The molecule has 0 amide bonds. The number of hydrogen-bond acceptors (Lipinski definition) is 11. The van der Waals surface area contributed by atoms with E-state index in [1.165, 1.54) is 11.3 Å². The summed E-state index contributed by atoms with van der Waals surface area (Å²) >= 11 is 1.55. The molecule has 2 fully saturated rings. The number of β-amino-alcohol motifs (C(OH)–C–C–N with tert-alkyl or cyclic N) is 1. The minimum atomic E-state index is -0.794. The van der Waals surface area contributed by atoms with Gasteiger partial charge in [-0.05, 0) is 90.3 Å². The summed E-state index contributed by atoms with van der Waals surface area (Å²) in [6.07, 6.45) is 11.4. The molecular formula is C32H39N9O2S. The van der Waals surface area contributed by atoms with Crippen LogP contribution in [0, 0.1) is 11.3 Å². The molecule has 12 heteroatoms. The van der Waals surface area contributed by atoms with Crippen LogP contribution in [0.5, 0.6) is 0 Å². The number of nitrogens with zero attached hydrogens (tertiary/aromatic N) is 8. The summed E-state index contributed by atoms with van der Waals surface area (Å²) in [7, 11) is 2.18. The summed E-state index contributed by atoms with van der Waals surface area (Å²) in [5.74, 6) is 2.17. The molecule has 4 aliphatic rings. The van der Waals surface area contributed by atoms with Crippen LogP contribution < -0.4 is 10.6 Å². The Labute approximate surface area is 260 Å². The molecule has 3 N–H and O–H groups in total. The standard InChI is InChI=1S/C32H39N9O2S/c1-31(42)10-6-14-40(18-31)29-22-16-35-41(17-19-7-5-13-39(19)2)30(22)37-28(36-29)25-20-8-3-11-32(26(20)43-38-25)12-4-9-23-24(32)21(15-33)27(34)44-23/h16,19,42H,3-14,17-18,34H2,1-2H3/t19-,31+,32-/m0/s1. The van der Waals surface area contributed by atoms with E-state index in [9.17, 15) is 10.4 Å². The summed E-state index contributed by atoms with van der Waals surface area (Å²) < 4.78 is 8.33. The predicted molar refractivity (Wildman–Crippen MR) is 169 cm³/mol. The molecule has 8 rings (SSSR count). The number of nitrogen functional groups attached to an aromatic ring is 1. The Morgan fingerprint density at radius 3 is 2.77 bits per heavy atom. The Kier molecular flexibility index (Phi) is 6.52. The van der Waals surface area contributed by atoms with Gasteiger partial charge in [0.1, 0.15) is 16.9 Å². The van der Waals surface area contributed by atoms with Crippen LogP contribution in [0.3, 0.4) is 0 Å². The minimum absolute atomic E-state index is 0.404. The van der Waals surface area contributed by atoms with Gasteiger partial charge in [0.25, 0.3) is 0 Å². The van der Waals surface area contributed by atoms with E-state index in [1.807, 2.05) is 17.8 Å². The Balaban J connectivity index is 1.28. The fraction of sp³-hybridized carbons (Fsp3) is 0.594. The zero-order valence-corrected chi connectivity index (χ0v) is 26.3. The van der Waals surface area contributed by atoms with E-state index in [0.29, 0.717) is 34.7 Å². The zero-order valence-electron chi connectivity index (χ0n) is 25.5. The quantitative estimate of drug-likeness (QED) is 0.340. The second kappa shape index (κ2) is 10.3. The van der Waals surface area contributed by atoms with Crippen LogP contribution in [0.25, 0.3) is 22.6 Å². The monoisotopic (exact) mass is 613 g/mol. The van der Waals surface area contributed by atoms with Crippen molar-refractivity contribution < 1.29 is 9.63 Å². The van der Waals surface area contributed by atoms with Crippen molar-refractivity contribution in [1.29, 1.82) is 5.26 Å². The van der Waals surface area contributed by atoms with Crippen LogP contribution in [0.15, 0.2) is 10.7 Å². The highest BCUT2D eigenvalue weighted by Crippen LogP contribution is 2.55. The number of hydrogen-bond donors (Lipinski definition) is 2. The smallest absolute Gasteiger partial charge is 0.186 e. The van der Waals surface area contributed by atoms with Gasteiger partial charge >= 0.3 is 0 Å². The van der Waals surface area contributed by atoms with Crippen LogP contribution >= 0.6 is 11.3 Å². The molecule has 11 nitrogen and oxygen atoms in total. The second-order valence-corrected chi connectivity index (χ2v) is 14.7. The van der Waals surface area contributed by atoms with Gasteiger partial charge in [-0.3, -0.25) is 0 Å². The van der Waals surface area contributed by atoms with Crippen LogP contribution in [0.4, 0.5) is 10.8 Å². The highest BCUT2D eigenvalue weighted by molar-refractivity contribution is 7.16. The summed E-state index contributed by atoms with van der Waals surface area (Å²) in [6, 6.07) is 2.82. The maximum absolute atomic E-state index is 11.0. The number of fused-ring (bicyclic) bond motifs is 5. The maximum Gasteiger partial charge on any atom is 0.186 e. The van der Waals surface area contributed by atoms with Gasteiger partial charge in [0.15, 0.2) is 22.9 Å². The van der Waals surface area contributed by atoms with Crippen molar-refractivity contribution in [3.05, 3.63) is 33.5 Å². The normalized spacial score (nSPS) is 27.1. The molecule has 3 atom stereocenters. The summed E-state index contributed by atoms with van der Waals surface area (Å²) in [6.45, 7) is 5.05. The average molecular weight is 614 g/mol. The summed E-state index contributed by atoms with van der Waals surface area (Å²) in [4.78, 5) is 16.1. The number of aromatic nitrogens is 5. The molecule has 44 heavy (non-hydrogen) atoms. The van der Waals surface area contributed by atoms with Crippen molar-refractivity contribution in [2.75, 3.05) is 37.3 Å². The molecule has 0 saturated carbocycles. The molecule has 2 saturated heterocycles. The van der Waals surface area contributed by atoms with Gasteiger partial charge < -0.3 is 25.2 Å². The number of anilines is 2. The first-order valence-corrected chi connectivity index (χ1v) is 16.8. The van der Waals surface area contributed by atoms with E-state index in [1.54, 1.807) is 11.3 Å². The topological polar surface area (TPSA) is 146 Å². The lowest BCUT2D eigenvalue weighted by Gasteiger charge is -2.39. The van der Waals surface area contributed by atoms with E-state index < -0.39 is 11.0 Å². The first kappa shape index (κ1) is 28.0. The van der Waals surface area contributed by atoms with Gasteiger partial charge in [0.2, 0.25) is 0 Å². The molecular weight excluding hydrogens is 574 g/mol. The lowest BCUT2D eigenvalue weighted by atomic mass is 9.63. The van der Waals surface area contributed by atoms with E-state index in [-0.39, 0.29) is 0 Å². The number of nitrogens with two attached hydrogens (primary N) is 1. The highest BCUT2D eigenvalue weighted by atomic mass is 32.1. The van der Waals surface area contributed by atoms with Gasteiger partial charge in [-0.15, -0.1) is 11.3 Å². The molecule has 1 spiro atoms. The summed E-state index contributed by atoms with van der Waals surface area (Å²) in [5.41, 5.74) is 9.33. The van der Waals surface area contributed by atoms with Gasteiger partial charge in [-0.2, -0.15) is 10.4 Å². The number of thiophene rings is 1. The predicted octanol–water partition coefficient (Wildman–Crippen LogP) is 4.40. The van der Waals surface area contributed by atoms with Crippen LogP contribution in [0.1, 0.15) is 85.6 Å². The first-order valence-electron chi connectivity index (χ1n) is 16.0. The lowest BCUT2D eigenvalue weighted by molar-refractivity contribution is 0.0448. The van der Waals surface area contributed by atoms with Crippen LogP contribution in [0.2, 0.25) is 0 Å². The molecule has 230 valence electrons. The Morgan fingerprint density at radius 1 is 1.16 bits per heavy atom. The minimum Gasteiger partial charge on any atom is -0.389 e. The maximum atomic E-state index is 11.0. The largest absolute Gasteiger partial charge is 0.389 e. The van der Waals surface area contributed by atoms with Crippen LogP contribution in [-0.4, -0.2) is 73.2 Å². The number of aliphatic hydroxyl groups is 1. The zero-order chi connectivity index (χ0) is 30.2. The molecule has 0 radical (unpaired) electrons. The molecule has 6 heterocycles. The molecule has 0 unspecified atom stereocenters.